The molecule has 15 heavy (non-hydrogen) atoms. The zero-order chi connectivity index (χ0) is 11.4. The largest absolute Gasteiger partial charge is 0.507 e. The van der Waals surface area contributed by atoms with Crippen LogP contribution < -0.4 is 10.5 Å². The molecule has 0 fully saturated rings. The number of phenolic OH excluding ortho intramolecular Hbond substituents is 1. The lowest BCUT2D eigenvalue weighted by Gasteiger charge is -2.18. The SMILES string of the molecule is CC[C@@H](O)[C@@H](N)c1ccc(OC)cc1O. The van der Waals surface area contributed by atoms with E-state index in [1.165, 1.54) is 13.2 Å². The average molecular weight is 211 g/mol. The van der Waals surface area contributed by atoms with Crippen molar-refractivity contribution in [1.82, 2.24) is 0 Å². The fraction of sp³-hybridized carbons (Fsp3) is 0.455. The monoisotopic (exact) mass is 211 g/mol. The van der Waals surface area contributed by atoms with Crippen LogP contribution in [-0.4, -0.2) is 23.4 Å². The van der Waals surface area contributed by atoms with Gasteiger partial charge in [-0.2, -0.15) is 0 Å². The van der Waals surface area contributed by atoms with E-state index in [-0.39, 0.29) is 5.75 Å². The minimum Gasteiger partial charge on any atom is -0.507 e. The molecule has 1 aromatic carbocycles. The highest BCUT2D eigenvalue weighted by Crippen LogP contribution is 2.29. The topological polar surface area (TPSA) is 75.7 Å². The van der Waals surface area contributed by atoms with Crippen LogP contribution in [0, 0.1) is 0 Å². The molecule has 0 aliphatic heterocycles. The predicted octanol–water partition coefficient (Wildman–Crippen LogP) is 1.17. The zero-order valence-electron chi connectivity index (χ0n) is 8.97. The van der Waals surface area contributed by atoms with Crippen LogP contribution in [0.25, 0.3) is 0 Å². The van der Waals surface area contributed by atoms with Gasteiger partial charge in [-0.3, -0.25) is 0 Å². The summed E-state index contributed by atoms with van der Waals surface area (Å²) in [5.74, 6) is 0.615. The molecule has 4 nitrogen and oxygen atoms in total. The molecule has 0 spiro atoms. The van der Waals surface area contributed by atoms with E-state index in [1.54, 1.807) is 12.1 Å². The van der Waals surface area contributed by atoms with Crippen LogP contribution in [0.4, 0.5) is 0 Å². The Labute approximate surface area is 89.3 Å². The number of aromatic hydroxyl groups is 1. The van der Waals surface area contributed by atoms with E-state index in [0.29, 0.717) is 17.7 Å². The maximum Gasteiger partial charge on any atom is 0.124 e. The molecule has 0 amide bonds. The molecule has 2 atom stereocenters. The number of phenols is 1. The Bertz CT molecular complexity index is 328. The highest BCUT2D eigenvalue weighted by molar-refractivity contribution is 5.41. The van der Waals surface area contributed by atoms with E-state index < -0.39 is 12.1 Å². The maximum atomic E-state index is 9.67. The first-order valence-electron chi connectivity index (χ1n) is 4.90. The second-order valence-electron chi connectivity index (χ2n) is 3.43. The van der Waals surface area contributed by atoms with Crippen molar-refractivity contribution in [3.8, 4) is 11.5 Å². The number of benzene rings is 1. The quantitative estimate of drug-likeness (QED) is 0.698. The van der Waals surface area contributed by atoms with E-state index in [9.17, 15) is 10.2 Å². The van der Waals surface area contributed by atoms with Gasteiger partial charge in [0.1, 0.15) is 11.5 Å². The number of methoxy groups -OCH3 is 1. The second kappa shape index (κ2) is 5.00. The molecule has 0 heterocycles. The van der Waals surface area contributed by atoms with Gasteiger partial charge in [-0.05, 0) is 18.6 Å². The van der Waals surface area contributed by atoms with Crippen LogP contribution in [0.3, 0.4) is 0 Å². The number of hydrogen-bond donors (Lipinski definition) is 3. The van der Waals surface area contributed by atoms with Crippen molar-refractivity contribution < 1.29 is 14.9 Å². The van der Waals surface area contributed by atoms with Crippen molar-refractivity contribution in [2.24, 2.45) is 5.73 Å². The van der Waals surface area contributed by atoms with E-state index in [0.717, 1.165) is 0 Å². The van der Waals surface area contributed by atoms with E-state index in [1.807, 2.05) is 6.92 Å². The molecule has 4 N–H and O–H groups in total. The lowest BCUT2D eigenvalue weighted by atomic mass is 9.99. The highest BCUT2D eigenvalue weighted by atomic mass is 16.5. The van der Waals surface area contributed by atoms with Gasteiger partial charge in [0.05, 0.1) is 19.3 Å². The Balaban J connectivity index is 2.95. The molecule has 4 heteroatoms. The summed E-state index contributed by atoms with van der Waals surface area (Å²) in [4.78, 5) is 0. The molecular weight excluding hydrogens is 194 g/mol. The van der Waals surface area contributed by atoms with E-state index in [4.69, 9.17) is 10.5 Å². The normalized spacial score (nSPS) is 14.7. The lowest BCUT2D eigenvalue weighted by molar-refractivity contribution is 0.139. The average Bonchev–Trinajstić information content (AvgIpc) is 2.26. The molecule has 0 saturated heterocycles. The number of rotatable bonds is 4. The third-order valence-electron chi connectivity index (χ3n) is 2.43. The Morgan fingerprint density at radius 1 is 1.47 bits per heavy atom. The predicted molar refractivity (Wildman–Crippen MR) is 57.9 cm³/mol. The number of hydrogen-bond acceptors (Lipinski definition) is 4. The Morgan fingerprint density at radius 2 is 2.13 bits per heavy atom. The van der Waals surface area contributed by atoms with Crippen LogP contribution >= 0.6 is 0 Å². The van der Waals surface area contributed by atoms with Crippen LogP contribution in [0.1, 0.15) is 24.9 Å². The summed E-state index contributed by atoms with van der Waals surface area (Å²) in [5.41, 5.74) is 6.32. The fourth-order valence-electron chi connectivity index (χ4n) is 1.39. The molecule has 1 aromatic rings. The van der Waals surface area contributed by atoms with Crippen molar-refractivity contribution >= 4 is 0 Å². The number of nitrogens with two attached hydrogens (primary N) is 1. The molecule has 1 rings (SSSR count). The van der Waals surface area contributed by atoms with Gasteiger partial charge in [-0.1, -0.05) is 6.92 Å². The van der Waals surface area contributed by atoms with Crippen LogP contribution in [0.5, 0.6) is 11.5 Å². The minimum atomic E-state index is -0.649. The summed E-state index contributed by atoms with van der Waals surface area (Å²) in [7, 11) is 1.52. The minimum absolute atomic E-state index is 0.0503. The van der Waals surface area contributed by atoms with Crippen LogP contribution in [-0.2, 0) is 0 Å². The summed E-state index contributed by atoms with van der Waals surface area (Å²) >= 11 is 0. The van der Waals surface area contributed by atoms with E-state index >= 15 is 0 Å². The Hall–Kier alpha value is -1.26. The van der Waals surface area contributed by atoms with Crippen LogP contribution in [0.15, 0.2) is 18.2 Å². The van der Waals surface area contributed by atoms with Gasteiger partial charge >= 0.3 is 0 Å². The lowest BCUT2D eigenvalue weighted by Crippen LogP contribution is -2.25. The summed E-state index contributed by atoms with van der Waals surface area (Å²) in [6.07, 6.45) is -0.101. The number of ether oxygens (including phenoxy) is 1. The number of aliphatic hydroxyl groups is 1. The van der Waals surface area contributed by atoms with Gasteiger partial charge in [0.2, 0.25) is 0 Å². The van der Waals surface area contributed by atoms with Gasteiger partial charge in [0.25, 0.3) is 0 Å². The Morgan fingerprint density at radius 3 is 2.60 bits per heavy atom. The van der Waals surface area contributed by atoms with Gasteiger partial charge in [-0.15, -0.1) is 0 Å². The first kappa shape index (κ1) is 11.8. The fourth-order valence-corrected chi connectivity index (χ4v) is 1.39. The molecule has 0 radical (unpaired) electrons. The Kier molecular flexibility index (Phi) is 3.94. The van der Waals surface area contributed by atoms with Crippen molar-refractivity contribution in [1.29, 1.82) is 0 Å². The van der Waals surface area contributed by atoms with Gasteiger partial charge < -0.3 is 20.7 Å². The summed E-state index contributed by atoms with van der Waals surface area (Å²) in [6, 6.07) is 4.29. The van der Waals surface area contributed by atoms with E-state index in [2.05, 4.69) is 0 Å². The molecule has 0 aliphatic carbocycles. The molecule has 0 aromatic heterocycles. The van der Waals surface area contributed by atoms with Crippen LogP contribution in [0.2, 0.25) is 0 Å². The smallest absolute Gasteiger partial charge is 0.124 e. The number of aliphatic hydroxyl groups excluding tert-OH is 1. The third kappa shape index (κ3) is 2.61. The third-order valence-corrected chi connectivity index (χ3v) is 2.43. The first-order chi connectivity index (χ1) is 7.10. The summed E-state index contributed by atoms with van der Waals surface area (Å²) < 4.78 is 4.95. The summed E-state index contributed by atoms with van der Waals surface area (Å²) in [6.45, 7) is 1.84. The van der Waals surface area contributed by atoms with Gasteiger partial charge in [0, 0.05) is 11.6 Å². The summed E-state index contributed by atoms with van der Waals surface area (Å²) in [5, 5.41) is 19.2. The van der Waals surface area contributed by atoms with Crippen molar-refractivity contribution in [2.45, 2.75) is 25.5 Å². The molecule has 0 saturated carbocycles. The second-order valence-corrected chi connectivity index (χ2v) is 3.43. The maximum absolute atomic E-state index is 9.67. The molecular formula is C11H17NO3. The first-order valence-corrected chi connectivity index (χ1v) is 4.90. The molecule has 0 aliphatic rings. The highest BCUT2D eigenvalue weighted by Gasteiger charge is 2.18. The molecule has 0 unspecified atom stereocenters. The standard InChI is InChI=1S/C11H17NO3/c1-3-9(13)11(12)8-5-4-7(15-2)6-10(8)14/h4-6,9,11,13-14H,3,12H2,1-2H3/t9-,11+/m1/s1. The zero-order valence-corrected chi connectivity index (χ0v) is 8.97. The van der Waals surface area contributed by atoms with Gasteiger partial charge in [-0.25, -0.2) is 0 Å². The molecule has 0 bridgehead atoms. The van der Waals surface area contributed by atoms with Crippen molar-refractivity contribution in [2.75, 3.05) is 7.11 Å². The van der Waals surface area contributed by atoms with Gasteiger partial charge in [0.15, 0.2) is 0 Å². The van der Waals surface area contributed by atoms with Crippen molar-refractivity contribution in [3.63, 3.8) is 0 Å². The molecule has 84 valence electrons. The van der Waals surface area contributed by atoms with Crippen molar-refractivity contribution in [3.05, 3.63) is 23.8 Å².